The summed E-state index contributed by atoms with van der Waals surface area (Å²) in [4.78, 5) is 6.66. The van der Waals surface area contributed by atoms with Crippen LogP contribution >= 0.6 is 0 Å². The highest BCUT2D eigenvalue weighted by Gasteiger charge is 2.28. The molecule has 1 atom stereocenters. The smallest absolute Gasteiger partial charge is 0.217 e. The Morgan fingerprint density at radius 1 is 1.39 bits per heavy atom. The Morgan fingerprint density at radius 2 is 2.13 bits per heavy atom. The van der Waals surface area contributed by atoms with Gasteiger partial charge in [0.05, 0.1) is 17.6 Å². The second-order valence-corrected chi connectivity index (χ2v) is 8.01. The molecule has 6 nitrogen and oxygen atoms in total. The number of pyridine rings is 1. The van der Waals surface area contributed by atoms with E-state index in [4.69, 9.17) is 4.74 Å². The van der Waals surface area contributed by atoms with Crippen molar-refractivity contribution in [3.8, 4) is 0 Å². The molecule has 0 spiro atoms. The summed E-state index contributed by atoms with van der Waals surface area (Å²) in [6.45, 7) is 4.69. The quantitative estimate of drug-likeness (QED) is 0.774. The van der Waals surface area contributed by atoms with Crippen LogP contribution < -0.4 is 4.72 Å². The lowest BCUT2D eigenvalue weighted by Crippen LogP contribution is -2.47. The number of hydrogen-bond acceptors (Lipinski definition) is 5. The zero-order valence-electron chi connectivity index (χ0n) is 13.9. The van der Waals surface area contributed by atoms with E-state index >= 15 is 0 Å². The van der Waals surface area contributed by atoms with Gasteiger partial charge in [-0.2, -0.15) is 0 Å². The molecule has 2 rings (SSSR count). The minimum Gasteiger partial charge on any atom is -0.383 e. The first kappa shape index (κ1) is 18.3. The Bertz CT molecular complexity index is 557. The van der Waals surface area contributed by atoms with Crippen molar-refractivity contribution in [1.82, 2.24) is 14.6 Å². The van der Waals surface area contributed by atoms with Crippen molar-refractivity contribution in [2.45, 2.75) is 44.0 Å². The molecule has 23 heavy (non-hydrogen) atoms. The van der Waals surface area contributed by atoms with E-state index in [9.17, 15) is 8.42 Å². The summed E-state index contributed by atoms with van der Waals surface area (Å²) in [5.41, 5.74) is 1.05. The van der Waals surface area contributed by atoms with Crippen molar-refractivity contribution in [3.63, 3.8) is 0 Å². The maximum atomic E-state index is 12.4. The number of methoxy groups -OCH3 is 1. The summed E-state index contributed by atoms with van der Waals surface area (Å²) in [5.74, 6) is 0. The van der Waals surface area contributed by atoms with Crippen molar-refractivity contribution in [3.05, 3.63) is 30.1 Å². The van der Waals surface area contributed by atoms with Crippen molar-refractivity contribution >= 4 is 10.0 Å². The zero-order valence-corrected chi connectivity index (χ0v) is 14.8. The van der Waals surface area contributed by atoms with Crippen LogP contribution in [-0.2, 0) is 21.3 Å². The molecule has 0 aliphatic carbocycles. The number of likely N-dealkylation sites (tertiary alicyclic amines) is 1. The van der Waals surface area contributed by atoms with E-state index in [1.165, 1.54) is 7.11 Å². The van der Waals surface area contributed by atoms with Gasteiger partial charge in [-0.1, -0.05) is 13.0 Å². The van der Waals surface area contributed by atoms with Crippen molar-refractivity contribution in [2.75, 3.05) is 26.8 Å². The Kier molecular flexibility index (Phi) is 6.95. The maximum absolute atomic E-state index is 12.4. The number of hydrogen-bond donors (Lipinski definition) is 1. The molecule has 0 radical (unpaired) electrons. The second-order valence-electron chi connectivity index (χ2n) is 6.02. The van der Waals surface area contributed by atoms with Gasteiger partial charge in [0.25, 0.3) is 0 Å². The minimum atomic E-state index is -3.32. The predicted octanol–water partition coefficient (Wildman–Crippen LogP) is 1.39. The molecule has 0 saturated carbocycles. The van der Waals surface area contributed by atoms with Gasteiger partial charge in [0.2, 0.25) is 10.0 Å². The zero-order chi connectivity index (χ0) is 16.7. The van der Waals surface area contributed by atoms with E-state index in [0.717, 1.165) is 38.2 Å². The summed E-state index contributed by atoms with van der Waals surface area (Å²) in [5, 5.41) is -0.473. The van der Waals surface area contributed by atoms with Crippen molar-refractivity contribution in [1.29, 1.82) is 0 Å². The topological polar surface area (TPSA) is 71.5 Å². The third-order valence-electron chi connectivity index (χ3n) is 4.28. The molecule has 0 bridgehead atoms. The molecule has 1 saturated heterocycles. The average molecular weight is 341 g/mol. The summed E-state index contributed by atoms with van der Waals surface area (Å²) < 4.78 is 32.6. The number of sulfonamides is 1. The minimum absolute atomic E-state index is 0.0193. The monoisotopic (exact) mass is 341 g/mol. The van der Waals surface area contributed by atoms with Crippen LogP contribution in [0.5, 0.6) is 0 Å². The predicted molar refractivity (Wildman–Crippen MR) is 90.5 cm³/mol. The third kappa shape index (κ3) is 5.53. The second kappa shape index (κ2) is 8.73. The number of aromatic nitrogens is 1. The molecule has 1 aromatic rings. The molecule has 1 aliphatic heterocycles. The molecule has 1 fully saturated rings. The van der Waals surface area contributed by atoms with Gasteiger partial charge in [0.1, 0.15) is 0 Å². The molecule has 1 aliphatic rings. The standard InChI is InChI=1S/C16H27N3O3S/c1-3-16(13-22-2)23(20,21)18-14-7-10-19(11-8-14)12-15-6-4-5-9-17-15/h4-6,9,14,16,18H,3,7-8,10-13H2,1-2H3. The highest BCUT2D eigenvalue weighted by atomic mass is 32.2. The lowest BCUT2D eigenvalue weighted by atomic mass is 10.1. The Hall–Kier alpha value is -1.02. The molecule has 0 amide bonds. The lowest BCUT2D eigenvalue weighted by molar-refractivity contribution is 0.190. The lowest BCUT2D eigenvalue weighted by Gasteiger charge is -2.32. The molecule has 1 N–H and O–H groups in total. The molecule has 1 unspecified atom stereocenters. The van der Waals surface area contributed by atoms with Crippen LogP contribution in [0.4, 0.5) is 0 Å². The third-order valence-corrected chi connectivity index (χ3v) is 6.29. The number of ether oxygens (including phenoxy) is 1. The van der Waals surface area contributed by atoms with Crippen LogP contribution in [0.15, 0.2) is 24.4 Å². The first-order valence-electron chi connectivity index (χ1n) is 8.17. The van der Waals surface area contributed by atoms with Gasteiger partial charge in [-0.3, -0.25) is 9.88 Å². The fourth-order valence-corrected chi connectivity index (χ4v) is 4.52. The maximum Gasteiger partial charge on any atom is 0.217 e. The Labute approximate surface area is 139 Å². The Morgan fingerprint density at radius 3 is 2.70 bits per heavy atom. The van der Waals surface area contributed by atoms with Gasteiger partial charge in [0, 0.05) is 39.0 Å². The van der Waals surface area contributed by atoms with Crippen LogP contribution in [-0.4, -0.2) is 56.4 Å². The normalized spacial score (nSPS) is 18.9. The van der Waals surface area contributed by atoms with Crippen LogP contribution in [0, 0.1) is 0 Å². The SMILES string of the molecule is CCC(COC)S(=O)(=O)NC1CCN(Cc2ccccn2)CC1. The fraction of sp³-hybridized carbons (Fsp3) is 0.688. The summed E-state index contributed by atoms with van der Waals surface area (Å²) in [7, 11) is -1.78. The largest absolute Gasteiger partial charge is 0.383 e. The van der Waals surface area contributed by atoms with Gasteiger partial charge in [-0.25, -0.2) is 13.1 Å². The van der Waals surface area contributed by atoms with Gasteiger partial charge in [-0.05, 0) is 31.4 Å². The molecule has 1 aromatic heterocycles. The van der Waals surface area contributed by atoms with Crippen LogP contribution in [0.3, 0.4) is 0 Å². The molecule has 130 valence electrons. The summed E-state index contributed by atoms with van der Waals surface area (Å²) >= 11 is 0. The number of piperidine rings is 1. The van der Waals surface area contributed by atoms with E-state index in [1.54, 1.807) is 6.20 Å². The number of nitrogens with zero attached hydrogens (tertiary/aromatic N) is 2. The molecule has 2 heterocycles. The molecule has 0 aromatic carbocycles. The van der Waals surface area contributed by atoms with Gasteiger partial charge < -0.3 is 4.74 Å². The first-order valence-corrected chi connectivity index (χ1v) is 9.72. The van der Waals surface area contributed by atoms with E-state index in [-0.39, 0.29) is 12.6 Å². The number of rotatable bonds is 8. The molecule has 7 heteroatoms. The van der Waals surface area contributed by atoms with Gasteiger partial charge in [-0.15, -0.1) is 0 Å². The first-order chi connectivity index (χ1) is 11.0. The van der Waals surface area contributed by atoms with E-state index < -0.39 is 15.3 Å². The highest BCUT2D eigenvalue weighted by molar-refractivity contribution is 7.90. The van der Waals surface area contributed by atoms with Crippen LogP contribution in [0.1, 0.15) is 31.9 Å². The molecular weight excluding hydrogens is 314 g/mol. The van der Waals surface area contributed by atoms with Crippen molar-refractivity contribution in [2.24, 2.45) is 0 Å². The molecular formula is C16H27N3O3S. The van der Waals surface area contributed by atoms with Crippen LogP contribution in [0.2, 0.25) is 0 Å². The summed E-state index contributed by atoms with van der Waals surface area (Å²) in [6, 6.07) is 5.94. The van der Waals surface area contributed by atoms with Crippen molar-refractivity contribution < 1.29 is 13.2 Å². The summed E-state index contributed by atoms with van der Waals surface area (Å²) in [6.07, 6.45) is 4.02. The average Bonchev–Trinajstić information content (AvgIpc) is 2.55. The highest BCUT2D eigenvalue weighted by Crippen LogP contribution is 2.15. The fourth-order valence-electron chi connectivity index (χ4n) is 2.87. The van der Waals surface area contributed by atoms with Crippen LogP contribution in [0.25, 0.3) is 0 Å². The van der Waals surface area contributed by atoms with Gasteiger partial charge in [0.15, 0.2) is 0 Å². The van der Waals surface area contributed by atoms with E-state index in [0.29, 0.717) is 6.42 Å². The van der Waals surface area contributed by atoms with Gasteiger partial charge >= 0.3 is 0 Å². The van der Waals surface area contributed by atoms with E-state index in [1.807, 2.05) is 25.1 Å². The Balaban J connectivity index is 1.82. The number of nitrogens with one attached hydrogen (secondary N) is 1. The van der Waals surface area contributed by atoms with E-state index in [2.05, 4.69) is 14.6 Å².